The Bertz CT molecular complexity index is 1040. The van der Waals surface area contributed by atoms with Crippen LogP contribution in [0.25, 0.3) is 0 Å². The average molecular weight is 446 g/mol. The van der Waals surface area contributed by atoms with E-state index in [-0.39, 0.29) is 10.8 Å². The van der Waals surface area contributed by atoms with Gasteiger partial charge >= 0.3 is 0 Å². The van der Waals surface area contributed by atoms with Crippen LogP contribution >= 0.6 is 0 Å². The van der Waals surface area contributed by atoms with Gasteiger partial charge in [-0.2, -0.15) is 0 Å². The van der Waals surface area contributed by atoms with Crippen LogP contribution in [0.2, 0.25) is 0 Å². The smallest absolute Gasteiger partial charge is 0.263 e. The summed E-state index contributed by atoms with van der Waals surface area (Å²) in [7, 11) is -0.330. The Hall–Kier alpha value is -3.07. The molecule has 9 heteroatoms. The van der Waals surface area contributed by atoms with Crippen molar-refractivity contribution in [2.75, 3.05) is 20.8 Å². The predicted octanol–water partition coefficient (Wildman–Crippen LogP) is 2.62. The summed E-state index contributed by atoms with van der Waals surface area (Å²) in [5.41, 5.74) is 1.51. The summed E-state index contributed by atoms with van der Waals surface area (Å²) in [5.74, 6) is 1.72. The minimum Gasteiger partial charge on any atom is -0.497 e. The van der Waals surface area contributed by atoms with Gasteiger partial charge in [-0.1, -0.05) is 18.6 Å². The van der Waals surface area contributed by atoms with Gasteiger partial charge in [0.2, 0.25) is 5.91 Å². The molecule has 1 aliphatic rings. The topological polar surface area (TPSA) is 106 Å². The number of nitrogens with one attached hydrogen (secondary N) is 2. The van der Waals surface area contributed by atoms with E-state index in [4.69, 9.17) is 9.47 Å². The Morgan fingerprint density at radius 1 is 1.03 bits per heavy atom. The van der Waals surface area contributed by atoms with Gasteiger partial charge in [-0.25, -0.2) is 8.42 Å². The summed E-state index contributed by atoms with van der Waals surface area (Å²) in [6, 6.07) is 12.3. The molecule has 2 aromatic rings. The van der Waals surface area contributed by atoms with Crippen molar-refractivity contribution in [3.8, 4) is 11.5 Å². The summed E-state index contributed by atoms with van der Waals surface area (Å²) in [6.07, 6.45) is 2.76. The van der Waals surface area contributed by atoms with Gasteiger partial charge in [0.15, 0.2) is 0 Å². The van der Waals surface area contributed by atoms with Crippen molar-refractivity contribution in [2.45, 2.75) is 37.1 Å². The summed E-state index contributed by atoms with van der Waals surface area (Å²) >= 11 is 0. The van der Waals surface area contributed by atoms with Crippen LogP contribution in [0.5, 0.6) is 11.5 Å². The number of unbranched alkanes of at least 4 members (excludes halogenated alkanes) is 2. The average Bonchev–Trinajstić information content (AvgIpc) is 3.04. The predicted molar refractivity (Wildman–Crippen MR) is 118 cm³/mol. The maximum atomic E-state index is 12.1. The van der Waals surface area contributed by atoms with Gasteiger partial charge in [0.05, 0.1) is 19.1 Å². The molecule has 166 valence electrons. The minimum absolute atomic E-state index is 0.0226. The van der Waals surface area contributed by atoms with Crippen molar-refractivity contribution in [1.29, 1.82) is 0 Å². The van der Waals surface area contributed by atoms with Gasteiger partial charge in [0.1, 0.15) is 17.3 Å². The van der Waals surface area contributed by atoms with Crippen molar-refractivity contribution in [3.05, 3.63) is 53.6 Å². The third-order valence-corrected chi connectivity index (χ3v) is 6.29. The van der Waals surface area contributed by atoms with Crippen LogP contribution < -0.4 is 19.5 Å². The number of sulfonamides is 1. The molecule has 0 aliphatic carbocycles. The fraction of sp³-hybridized carbons (Fsp3) is 0.364. The van der Waals surface area contributed by atoms with Crippen LogP contribution in [-0.2, 0) is 21.4 Å². The molecule has 2 aromatic carbocycles. The molecule has 0 aromatic heterocycles. The standard InChI is InChI=1S/C22H27N3O5S/c1-29-17-12-16(13-18(14-17)30-2)15-24-21(26)10-4-3-7-11-23-22-19-8-5-6-9-20(19)31(27,28)25-22/h5-6,8-9,12-14H,3-4,7,10-11,15H2,1-2H3,(H,23,25)(H,24,26). The Morgan fingerprint density at radius 3 is 2.45 bits per heavy atom. The lowest BCUT2D eigenvalue weighted by Gasteiger charge is -2.09. The number of carbonyl (C=O) groups is 1. The Kier molecular flexibility index (Phi) is 7.51. The molecule has 0 radical (unpaired) electrons. The highest BCUT2D eigenvalue weighted by molar-refractivity contribution is 7.90. The monoisotopic (exact) mass is 445 g/mol. The van der Waals surface area contributed by atoms with E-state index in [0.717, 1.165) is 24.8 Å². The van der Waals surface area contributed by atoms with Gasteiger partial charge in [-0.3, -0.25) is 14.5 Å². The number of rotatable bonds is 10. The van der Waals surface area contributed by atoms with E-state index >= 15 is 0 Å². The fourth-order valence-electron chi connectivity index (χ4n) is 3.27. The first kappa shape index (κ1) is 22.6. The van der Waals surface area contributed by atoms with Crippen molar-refractivity contribution in [3.63, 3.8) is 0 Å². The fourth-order valence-corrected chi connectivity index (χ4v) is 4.52. The highest BCUT2D eigenvalue weighted by Gasteiger charge is 2.29. The molecule has 8 nitrogen and oxygen atoms in total. The summed E-state index contributed by atoms with van der Waals surface area (Å²) in [5, 5.41) is 2.90. The number of benzene rings is 2. The Balaban J connectivity index is 1.38. The second-order valence-electron chi connectivity index (χ2n) is 7.14. The first-order valence-electron chi connectivity index (χ1n) is 10.1. The van der Waals surface area contributed by atoms with Gasteiger partial charge in [-0.05, 0) is 42.7 Å². The van der Waals surface area contributed by atoms with E-state index in [1.165, 1.54) is 0 Å². The number of nitrogens with zero attached hydrogens (tertiary/aromatic N) is 1. The van der Waals surface area contributed by atoms with Crippen LogP contribution in [0.15, 0.2) is 52.4 Å². The molecule has 0 saturated carbocycles. The molecule has 3 rings (SSSR count). The molecular weight excluding hydrogens is 418 g/mol. The summed E-state index contributed by atoms with van der Waals surface area (Å²) in [4.78, 5) is 16.7. The number of aliphatic imine (C=N–C) groups is 1. The largest absolute Gasteiger partial charge is 0.497 e. The molecule has 1 aliphatic heterocycles. The van der Waals surface area contributed by atoms with Crippen molar-refractivity contribution < 1.29 is 22.7 Å². The van der Waals surface area contributed by atoms with Gasteiger partial charge in [0.25, 0.3) is 10.0 Å². The lowest BCUT2D eigenvalue weighted by Crippen LogP contribution is -2.22. The minimum atomic E-state index is -3.50. The number of hydrogen-bond donors (Lipinski definition) is 2. The van der Waals surface area contributed by atoms with Crippen molar-refractivity contribution in [2.24, 2.45) is 4.99 Å². The number of hydrogen-bond acceptors (Lipinski definition) is 6. The van der Waals surface area contributed by atoms with Crippen LogP contribution in [0.1, 0.15) is 36.8 Å². The zero-order valence-corrected chi connectivity index (χ0v) is 18.5. The molecule has 0 unspecified atom stereocenters. The molecule has 0 spiro atoms. The molecule has 1 amide bonds. The van der Waals surface area contributed by atoms with Crippen LogP contribution in [0, 0.1) is 0 Å². The first-order valence-corrected chi connectivity index (χ1v) is 11.6. The van der Waals surface area contributed by atoms with E-state index in [2.05, 4.69) is 15.0 Å². The van der Waals surface area contributed by atoms with Crippen molar-refractivity contribution >= 4 is 21.8 Å². The third kappa shape index (κ3) is 5.97. The van der Waals surface area contributed by atoms with Gasteiger partial charge in [-0.15, -0.1) is 0 Å². The highest BCUT2D eigenvalue weighted by Crippen LogP contribution is 2.23. The van der Waals surface area contributed by atoms with Crippen LogP contribution in [0.3, 0.4) is 0 Å². The van der Waals surface area contributed by atoms with E-state index < -0.39 is 10.0 Å². The molecule has 0 fully saturated rings. The number of ether oxygens (including phenoxy) is 2. The van der Waals surface area contributed by atoms with E-state index in [0.29, 0.717) is 42.4 Å². The lowest BCUT2D eigenvalue weighted by atomic mass is 10.1. The molecule has 31 heavy (non-hydrogen) atoms. The Labute approximate surface area is 182 Å². The SMILES string of the molecule is COc1cc(CNC(=O)CCCCCN=C2NS(=O)(=O)c3ccccc32)cc(OC)c1. The zero-order valence-electron chi connectivity index (χ0n) is 17.7. The second kappa shape index (κ2) is 10.3. The molecule has 2 N–H and O–H groups in total. The van der Waals surface area contributed by atoms with E-state index in [1.54, 1.807) is 44.6 Å². The maximum Gasteiger partial charge on any atom is 0.263 e. The number of amidine groups is 1. The van der Waals surface area contributed by atoms with Gasteiger partial charge < -0.3 is 14.8 Å². The molecule has 0 saturated heterocycles. The second-order valence-corrected chi connectivity index (χ2v) is 8.79. The number of carbonyl (C=O) groups excluding carboxylic acids is 1. The first-order chi connectivity index (χ1) is 14.9. The van der Waals surface area contributed by atoms with E-state index in [1.807, 2.05) is 12.1 Å². The normalized spacial score (nSPS) is 15.2. The summed E-state index contributed by atoms with van der Waals surface area (Å²) in [6.45, 7) is 0.900. The highest BCUT2D eigenvalue weighted by atomic mass is 32.2. The van der Waals surface area contributed by atoms with Crippen molar-refractivity contribution in [1.82, 2.24) is 10.0 Å². The summed E-state index contributed by atoms with van der Waals surface area (Å²) < 4.78 is 37.1. The number of fused-ring (bicyclic) bond motifs is 1. The maximum absolute atomic E-state index is 12.1. The van der Waals surface area contributed by atoms with Gasteiger partial charge in [0, 0.05) is 31.1 Å². The lowest BCUT2D eigenvalue weighted by molar-refractivity contribution is -0.121. The molecule has 0 bridgehead atoms. The third-order valence-electron chi connectivity index (χ3n) is 4.90. The Morgan fingerprint density at radius 2 is 1.74 bits per heavy atom. The molecular formula is C22H27N3O5S. The number of methoxy groups -OCH3 is 2. The zero-order chi connectivity index (χ0) is 22.3. The molecule has 1 heterocycles. The molecule has 0 atom stereocenters. The van der Waals surface area contributed by atoms with Crippen LogP contribution in [0.4, 0.5) is 0 Å². The van der Waals surface area contributed by atoms with Crippen LogP contribution in [-0.4, -0.2) is 40.9 Å². The number of amides is 1. The van der Waals surface area contributed by atoms with E-state index in [9.17, 15) is 13.2 Å². The quantitative estimate of drug-likeness (QED) is 0.547.